The van der Waals surface area contributed by atoms with Gasteiger partial charge in [0.2, 0.25) is 10.0 Å². The van der Waals surface area contributed by atoms with Crippen LogP contribution >= 0.6 is 23.2 Å². The first-order valence-corrected chi connectivity index (χ1v) is 10.0. The molecule has 9 heteroatoms. The van der Waals surface area contributed by atoms with E-state index < -0.39 is 21.7 Å². The van der Waals surface area contributed by atoms with Gasteiger partial charge in [-0.25, -0.2) is 12.8 Å². The van der Waals surface area contributed by atoms with Gasteiger partial charge in [0.05, 0.1) is 21.2 Å². The van der Waals surface area contributed by atoms with Crippen molar-refractivity contribution < 1.29 is 17.6 Å². The molecule has 1 aliphatic rings. The second-order valence-corrected chi connectivity index (χ2v) is 8.61. The van der Waals surface area contributed by atoms with E-state index in [9.17, 15) is 17.6 Å². The van der Waals surface area contributed by atoms with Crippen LogP contribution in [0.2, 0.25) is 10.0 Å². The van der Waals surface area contributed by atoms with E-state index in [2.05, 4.69) is 5.32 Å². The van der Waals surface area contributed by atoms with Crippen LogP contribution in [0.3, 0.4) is 0 Å². The Balaban J connectivity index is 1.91. The number of rotatable bonds is 4. The Morgan fingerprint density at radius 1 is 1.08 bits per heavy atom. The fourth-order valence-electron chi connectivity index (χ4n) is 2.70. The highest BCUT2D eigenvalue weighted by Gasteiger charge is 2.28. The Kier molecular flexibility index (Phi) is 5.53. The van der Waals surface area contributed by atoms with Gasteiger partial charge >= 0.3 is 0 Å². The van der Waals surface area contributed by atoms with Crippen molar-refractivity contribution in [2.75, 3.05) is 18.4 Å². The number of carbonyl (C=O) groups excluding carboxylic acids is 1. The number of hydrogen-bond acceptors (Lipinski definition) is 3. The van der Waals surface area contributed by atoms with Crippen molar-refractivity contribution in [2.45, 2.75) is 17.7 Å². The molecule has 0 radical (unpaired) electrons. The Hall–Kier alpha value is -1.67. The molecule has 1 saturated heterocycles. The number of carbonyl (C=O) groups is 1. The van der Waals surface area contributed by atoms with Crippen molar-refractivity contribution in [3.8, 4) is 0 Å². The van der Waals surface area contributed by atoms with Crippen molar-refractivity contribution in [1.82, 2.24) is 4.31 Å². The molecule has 0 spiro atoms. The summed E-state index contributed by atoms with van der Waals surface area (Å²) in [5.74, 6) is -1.42. The molecule has 1 amide bonds. The highest BCUT2D eigenvalue weighted by molar-refractivity contribution is 7.89. The molecule has 0 aliphatic carbocycles. The summed E-state index contributed by atoms with van der Waals surface area (Å²) in [7, 11) is -3.69. The van der Waals surface area contributed by atoms with Crippen LogP contribution in [0.15, 0.2) is 41.3 Å². The molecule has 1 heterocycles. The minimum atomic E-state index is -3.69. The number of amides is 1. The lowest BCUT2D eigenvalue weighted by atomic mass is 10.2. The first-order valence-electron chi connectivity index (χ1n) is 7.85. The SMILES string of the molecule is O=C(Nc1ccc(Cl)cc1F)c1cc(S(=O)(=O)N2CCCC2)ccc1Cl. The Morgan fingerprint density at radius 3 is 2.42 bits per heavy atom. The molecule has 0 bridgehead atoms. The third-order valence-corrected chi connectivity index (χ3v) is 6.52. The number of nitrogens with zero attached hydrogens (tertiary/aromatic N) is 1. The van der Waals surface area contributed by atoms with Crippen molar-refractivity contribution in [2.24, 2.45) is 0 Å². The average molecular weight is 417 g/mol. The number of sulfonamides is 1. The average Bonchev–Trinajstić information content (AvgIpc) is 3.13. The van der Waals surface area contributed by atoms with Crippen LogP contribution in [0.5, 0.6) is 0 Å². The van der Waals surface area contributed by atoms with Gasteiger partial charge in [-0.15, -0.1) is 0 Å². The number of halogens is 3. The minimum Gasteiger partial charge on any atom is -0.319 e. The summed E-state index contributed by atoms with van der Waals surface area (Å²) >= 11 is 11.7. The van der Waals surface area contributed by atoms with Gasteiger partial charge in [0, 0.05) is 18.1 Å². The molecule has 0 saturated carbocycles. The van der Waals surface area contributed by atoms with E-state index in [1.165, 1.54) is 34.6 Å². The third kappa shape index (κ3) is 3.86. The second kappa shape index (κ2) is 7.52. The highest BCUT2D eigenvalue weighted by atomic mass is 35.5. The number of hydrogen-bond donors (Lipinski definition) is 1. The van der Waals surface area contributed by atoms with Gasteiger partial charge in [-0.3, -0.25) is 4.79 Å². The van der Waals surface area contributed by atoms with E-state index in [0.717, 1.165) is 18.9 Å². The first-order chi connectivity index (χ1) is 12.3. The molecule has 1 fully saturated rings. The lowest BCUT2D eigenvalue weighted by molar-refractivity contribution is 0.102. The van der Waals surface area contributed by atoms with Crippen molar-refractivity contribution in [3.05, 3.63) is 57.8 Å². The lowest BCUT2D eigenvalue weighted by Gasteiger charge is -2.16. The van der Waals surface area contributed by atoms with Crippen molar-refractivity contribution in [1.29, 1.82) is 0 Å². The van der Waals surface area contributed by atoms with E-state index in [0.29, 0.717) is 13.1 Å². The third-order valence-electron chi connectivity index (χ3n) is 4.06. The zero-order valence-electron chi connectivity index (χ0n) is 13.5. The maximum absolute atomic E-state index is 13.9. The molecule has 138 valence electrons. The van der Waals surface area contributed by atoms with Gasteiger partial charge in [-0.05, 0) is 49.2 Å². The first kappa shape index (κ1) is 19.1. The predicted molar refractivity (Wildman–Crippen MR) is 98.8 cm³/mol. The zero-order chi connectivity index (χ0) is 18.9. The summed E-state index contributed by atoms with van der Waals surface area (Å²) in [5, 5.41) is 2.64. The summed E-state index contributed by atoms with van der Waals surface area (Å²) in [6.07, 6.45) is 1.60. The van der Waals surface area contributed by atoms with Crippen LogP contribution < -0.4 is 5.32 Å². The Bertz CT molecular complexity index is 960. The van der Waals surface area contributed by atoms with E-state index in [-0.39, 0.29) is 26.2 Å². The molecular formula is C17H15Cl2FN2O3S. The fraction of sp³-hybridized carbons (Fsp3) is 0.235. The molecule has 3 rings (SSSR count). The van der Waals surface area contributed by atoms with Gasteiger partial charge in [0.25, 0.3) is 5.91 Å². The summed E-state index contributed by atoms with van der Waals surface area (Å²) in [5.41, 5.74) is -0.135. The van der Waals surface area contributed by atoms with Crippen molar-refractivity contribution >= 4 is 44.8 Å². The van der Waals surface area contributed by atoms with Gasteiger partial charge in [-0.1, -0.05) is 23.2 Å². The molecule has 0 atom stereocenters. The maximum atomic E-state index is 13.9. The molecule has 0 unspecified atom stereocenters. The normalized spacial score (nSPS) is 15.2. The lowest BCUT2D eigenvalue weighted by Crippen LogP contribution is -2.28. The largest absolute Gasteiger partial charge is 0.319 e. The van der Waals surface area contributed by atoms with Crippen LogP contribution in [0, 0.1) is 5.82 Å². The van der Waals surface area contributed by atoms with Crippen LogP contribution in [0.4, 0.5) is 10.1 Å². The van der Waals surface area contributed by atoms with Gasteiger partial charge in [0.15, 0.2) is 0 Å². The van der Waals surface area contributed by atoms with Crippen LogP contribution in [-0.2, 0) is 10.0 Å². The maximum Gasteiger partial charge on any atom is 0.257 e. The fourth-order valence-corrected chi connectivity index (χ4v) is 4.60. The molecule has 26 heavy (non-hydrogen) atoms. The number of anilines is 1. The van der Waals surface area contributed by atoms with Gasteiger partial charge < -0.3 is 5.32 Å². The summed E-state index contributed by atoms with van der Waals surface area (Å²) in [6, 6.07) is 7.71. The molecule has 0 aromatic heterocycles. The van der Waals surface area contributed by atoms with Crippen LogP contribution in [0.25, 0.3) is 0 Å². The molecular weight excluding hydrogens is 402 g/mol. The molecule has 1 aliphatic heterocycles. The number of benzene rings is 2. The molecule has 5 nitrogen and oxygen atoms in total. The smallest absolute Gasteiger partial charge is 0.257 e. The van der Waals surface area contributed by atoms with E-state index in [4.69, 9.17) is 23.2 Å². The zero-order valence-corrected chi connectivity index (χ0v) is 15.8. The highest BCUT2D eigenvalue weighted by Crippen LogP contribution is 2.26. The Labute approximate surface area is 160 Å². The summed E-state index contributed by atoms with van der Waals surface area (Å²) < 4.78 is 40.5. The predicted octanol–water partition coefficient (Wildman–Crippen LogP) is 4.17. The van der Waals surface area contributed by atoms with Gasteiger partial charge in [0.1, 0.15) is 5.82 Å². The monoisotopic (exact) mass is 416 g/mol. The quantitative estimate of drug-likeness (QED) is 0.812. The van der Waals surface area contributed by atoms with E-state index in [1.807, 2.05) is 0 Å². The molecule has 1 N–H and O–H groups in total. The van der Waals surface area contributed by atoms with E-state index in [1.54, 1.807) is 0 Å². The second-order valence-electron chi connectivity index (χ2n) is 5.83. The van der Waals surface area contributed by atoms with Crippen molar-refractivity contribution in [3.63, 3.8) is 0 Å². The molecule has 2 aromatic rings. The number of nitrogens with one attached hydrogen (secondary N) is 1. The van der Waals surface area contributed by atoms with E-state index >= 15 is 0 Å². The standard InChI is InChI=1S/C17H15Cl2FN2O3S/c18-11-3-6-16(15(20)9-11)21-17(23)13-10-12(4-5-14(13)19)26(24,25)22-7-1-2-8-22/h3-6,9-10H,1-2,7-8H2,(H,21,23). The summed E-state index contributed by atoms with van der Waals surface area (Å²) in [6.45, 7) is 0.894. The summed E-state index contributed by atoms with van der Waals surface area (Å²) in [4.78, 5) is 12.4. The minimum absolute atomic E-state index is 0.0227. The Morgan fingerprint density at radius 2 is 1.77 bits per heavy atom. The van der Waals surface area contributed by atoms with Gasteiger partial charge in [-0.2, -0.15) is 4.31 Å². The van der Waals surface area contributed by atoms with Crippen LogP contribution in [-0.4, -0.2) is 31.7 Å². The van der Waals surface area contributed by atoms with Crippen LogP contribution in [0.1, 0.15) is 23.2 Å². The molecule has 2 aromatic carbocycles. The topological polar surface area (TPSA) is 66.5 Å².